The van der Waals surface area contributed by atoms with Gasteiger partial charge in [-0.2, -0.15) is 0 Å². The van der Waals surface area contributed by atoms with Gasteiger partial charge in [0.15, 0.2) is 5.78 Å². The van der Waals surface area contributed by atoms with Crippen LogP contribution in [0.3, 0.4) is 0 Å². The molecule has 2 aromatic carbocycles. The van der Waals surface area contributed by atoms with E-state index in [0.29, 0.717) is 23.3 Å². The highest BCUT2D eigenvalue weighted by atomic mass is 16.5. The molecule has 0 spiro atoms. The zero-order chi connectivity index (χ0) is 15.2. The lowest BCUT2D eigenvalue weighted by atomic mass is 10.0. The van der Waals surface area contributed by atoms with Gasteiger partial charge in [-0.15, -0.1) is 0 Å². The van der Waals surface area contributed by atoms with Gasteiger partial charge in [-0.25, -0.2) is 4.79 Å². The van der Waals surface area contributed by atoms with E-state index in [2.05, 4.69) is 0 Å². The number of hydrogen-bond acceptors (Lipinski definition) is 3. The molecule has 3 heteroatoms. The minimum atomic E-state index is -0.452. The van der Waals surface area contributed by atoms with Crippen molar-refractivity contribution in [3.8, 4) is 5.75 Å². The summed E-state index contributed by atoms with van der Waals surface area (Å²) < 4.78 is 5.42. The number of ketones is 1. The Hall–Kier alpha value is -2.42. The Kier molecular flexibility index (Phi) is 4.88. The van der Waals surface area contributed by atoms with Gasteiger partial charge in [0.05, 0.1) is 11.1 Å². The van der Waals surface area contributed by atoms with Crippen molar-refractivity contribution in [1.29, 1.82) is 0 Å². The van der Waals surface area contributed by atoms with Gasteiger partial charge in [0.2, 0.25) is 0 Å². The van der Waals surface area contributed by atoms with E-state index < -0.39 is 5.97 Å². The quantitative estimate of drug-likeness (QED) is 0.469. The molecule has 0 bridgehead atoms. The highest BCUT2D eigenvalue weighted by molar-refractivity contribution is 6.00. The summed E-state index contributed by atoms with van der Waals surface area (Å²) in [5.41, 5.74) is 1.87. The highest BCUT2D eigenvalue weighted by Gasteiger charge is 2.16. The fourth-order valence-corrected chi connectivity index (χ4v) is 2.04. The molecule has 0 aliphatic carbocycles. The van der Waals surface area contributed by atoms with Crippen molar-refractivity contribution in [2.45, 2.75) is 26.7 Å². The molecular formula is C18H18O3. The Labute approximate surface area is 124 Å². The SMILES string of the molecule is CCCC(=O)c1ccc(C)cc1OC(=O)c1ccccc1. The Morgan fingerprint density at radius 3 is 2.43 bits per heavy atom. The average molecular weight is 282 g/mol. The van der Waals surface area contributed by atoms with Crippen molar-refractivity contribution in [3.63, 3.8) is 0 Å². The van der Waals surface area contributed by atoms with E-state index in [0.717, 1.165) is 12.0 Å². The van der Waals surface area contributed by atoms with Crippen molar-refractivity contribution >= 4 is 11.8 Å². The van der Waals surface area contributed by atoms with E-state index in [-0.39, 0.29) is 5.78 Å². The third-order valence-corrected chi connectivity index (χ3v) is 3.13. The van der Waals surface area contributed by atoms with Gasteiger partial charge in [0.1, 0.15) is 5.75 Å². The van der Waals surface area contributed by atoms with Gasteiger partial charge in [-0.05, 0) is 43.2 Å². The van der Waals surface area contributed by atoms with Crippen molar-refractivity contribution in [3.05, 3.63) is 65.2 Å². The molecule has 2 rings (SSSR count). The Balaban J connectivity index is 2.28. The first-order valence-corrected chi connectivity index (χ1v) is 7.03. The Morgan fingerprint density at radius 2 is 1.76 bits per heavy atom. The van der Waals surface area contributed by atoms with Crippen LogP contribution in [0.2, 0.25) is 0 Å². The largest absolute Gasteiger partial charge is 0.422 e. The van der Waals surface area contributed by atoms with E-state index in [1.165, 1.54) is 0 Å². The summed E-state index contributed by atoms with van der Waals surface area (Å²) in [5, 5.41) is 0. The smallest absolute Gasteiger partial charge is 0.343 e. The second-order valence-electron chi connectivity index (χ2n) is 4.93. The summed E-state index contributed by atoms with van der Waals surface area (Å²) in [4.78, 5) is 24.2. The number of hydrogen-bond donors (Lipinski definition) is 0. The number of carbonyl (C=O) groups is 2. The third-order valence-electron chi connectivity index (χ3n) is 3.13. The number of ether oxygens (including phenoxy) is 1. The van der Waals surface area contributed by atoms with Crippen LogP contribution in [-0.4, -0.2) is 11.8 Å². The minimum Gasteiger partial charge on any atom is -0.422 e. The Bertz CT molecular complexity index is 645. The van der Waals surface area contributed by atoms with Crippen molar-refractivity contribution < 1.29 is 14.3 Å². The first kappa shape index (κ1) is 15.0. The maximum atomic E-state index is 12.1. The molecule has 21 heavy (non-hydrogen) atoms. The lowest BCUT2D eigenvalue weighted by Gasteiger charge is -2.10. The van der Waals surface area contributed by atoms with Crippen LogP contribution in [0.1, 0.15) is 46.0 Å². The molecule has 0 aliphatic rings. The van der Waals surface area contributed by atoms with E-state index in [4.69, 9.17) is 4.74 Å². The summed E-state index contributed by atoms with van der Waals surface area (Å²) in [6.45, 7) is 3.84. The van der Waals surface area contributed by atoms with Gasteiger partial charge < -0.3 is 4.74 Å². The molecule has 0 atom stereocenters. The van der Waals surface area contributed by atoms with Crippen molar-refractivity contribution in [2.75, 3.05) is 0 Å². The van der Waals surface area contributed by atoms with Crippen molar-refractivity contribution in [2.24, 2.45) is 0 Å². The zero-order valence-corrected chi connectivity index (χ0v) is 12.3. The summed E-state index contributed by atoms with van der Waals surface area (Å²) in [6, 6.07) is 14.1. The predicted molar refractivity (Wildman–Crippen MR) is 81.8 cm³/mol. The Morgan fingerprint density at radius 1 is 1.05 bits per heavy atom. The summed E-state index contributed by atoms with van der Waals surface area (Å²) in [7, 11) is 0. The fourth-order valence-electron chi connectivity index (χ4n) is 2.04. The topological polar surface area (TPSA) is 43.4 Å². The van der Waals surface area contributed by atoms with Gasteiger partial charge in [0, 0.05) is 6.42 Å². The molecule has 3 nitrogen and oxygen atoms in total. The lowest BCUT2D eigenvalue weighted by Crippen LogP contribution is -2.11. The zero-order valence-electron chi connectivity index (χ0n) is 12.3. The van der Waals surface area contributed by atoms with Crippen molar-refractivity contribution in [1.82, 2.24) is 0 Å². The van der Waals surface area contributed by atoms with Gasteiger partial charge in [0.25, 0.3) is 0 Å². The molecule has 0 heterocycles. The lowest BCUT2D eigenvalue weighted by molar-refractivity contribution is 0.0732. The summed E-state index contributed by atoms with van der Waals surface area (Å²) in [5.74, 6) is -0.123. The number of rotatable bonds is 5. The van der Waals surface area contributed by atoms with Crippen LogP contribution in [-0.2, 0) is 0 Å². The third kappa shape index (κ3) is 3.78. The maximum absolute atomic E-state index is 12.1. The molecule has 108 valence electrons. The molecule has 0 radical (unpaired) electrons. The standard InChI is InChI=1S/C18H18O3/c1-3-7-16(19)15-11-10-13(2)12-17(15)21-18(20)14-8-5-4-6-9-14/h4-6,8-12H,3,7H2,1-2H3. The number of Topliss-reactive ketones (excluding diaryl/α,β-unsaturated/α-hetero) is 1. The highest BCUT2D eigenvalue weighted by Crippen LogP contribution is 2.23. The number of aryl methyl sites for hydroxylation is 1. The molecule has 2 aromatic rings. The molecule has 0 amide bonds. The number of esters is 1. The predicted octanol–water partition coefficient (Wildman–Crippen LogP) is 4.20. The molecule has 0 unspecified atom stereocenters. The van der Waals surface area contributed by atoms with E-state index >= 15 is 0 Å². The second-order valence-corrected chi connectivity index (χ2v) is 4.93. The van der Waals surface area contributed by atoms with Crippen LogP contribution in [0.5, 0.6) is 5.75 Å². The first-order valence-electron chi connectivity index (χ1n) is 7.03. The number of benzene rings is 2. The summed E-state index contributed by atoms with van der Waals surface area (Å²) in [6.07, 6.45) is 1.21. The average Bonchev–Trinajstić information content (AvgIpc) is 2.48. The van der Waals surface area contributed by atoms with E-state index in [9.17, 15) is 9.59 Å². The van der Waals surface area contributed by atoms with Crippen LogP contribution < -0.4 is 4.74 Å². The maximum Gasteiger partial charge on any atom is 0.343 e. The van der Waals surface area contributed by atoms with Gasteiger partial charge in [-0.3, -0.25) is 4.79 Å². The minimum absolute atomic E-state index is 0.00615. The van der Waals surface area contributed by atoms with Gasteiger partial charge >= 0.3 is 5.97 Å². The molecule has 0 aromatic heterocycles. The summed E-state index contributed by atoms with van der Waals surface area (Å²) >= 11 is 0. The fraction of sp³-hybridized carbons (Fsp3) is 0.222. The molecule has 0 fully saturated rings. The molecule has 0 saturated heterocycles. The second kappa shape index (κ2) is 6.84. The van der Waals surface area contributed by atoms with Crippen LogP contribution in [0, 0.1) is 6.92 Å². The monoisotopic (exact) mass is 282 g/mol. The van der Waals surface area contributed by atoms with E-state index in [1.807, 2.05) is 26.0 Å². The van der Waals surface area contributed by atoms with E-state index in [1.54, 1.807) is 36.4 Å². The van der Waals surface area contributed by atoms with Crippen LogP contribution >= 0.6 is 0 Å². The first-order chi connectivity index (χ1) is 10.1. The van der Waals surface area contributed by atoms with Gasteiger partial charge in [-0.1, -0.05) is 31.2 Å². The number of carbonyl (C=O) groups excluding carboxylic acids is 2. The molecular weight excluding hydrogens is 264 g/mol. The normalized spacial score (nSPS) is 10.2. The van der Waals surface area contributed by atoms with Crippen LogP contribution in [0.4, 0.5) is 0 Å². The molecule has 0 saturated carbocycles. The van der Waals surface area contributed by atoms with Crippen LogP contribution in [0.25, 0.3) is 0 Å². The molecule has 0 aliphatic heterocycles. The molecule has 0 N–H and O–H groups in total. The van der Waals surface area contributed by atoms with Crippen LogP contribution in [0.15, 0.2) is 48.5 Å².